The van der Waals surface area contributed by atoms with Crippen molar-refractivity contribution in [1.29, 1.82) is 0 Å². The number of aliphatic imine (C=N–C) groups is 1. The fourth-order valence-corrected chi connectivity index (χ4v) is 3.58. The van der Waals surface area contributed by atoms with Crippen LogP contribution in [0.5, 0.6) is 0 Å². The van der Waals surface area contributed by atoms with Gasteiger partial charge < -0.3 is 20.1 Å². The molecule has 0 aromatic carbocycles. The number of hydrogen-bond acceptors (Lipinski definition) is 4. The zero-order valence-electron chi connectivity index (χ0n) is 17.9. The Hall–Kier alpha value is -0.870. The van der Waals surface area contributed by atoms with E-state index in [9.17, 15) is 0 Å². The summed E-state index contributed by atoms with van der Waals surface area (Å²) >= 11 is 0. The lowest BCUT2D eigenvalue weighted by atomic mass is 10.1. The van der Waals surface area contributed by atoms with Crippen molar-refractivity contribution >= 4 is 29.9 Å². The second-order valence-corrected chi connectivity index (χ2v) is 7.20. The molecule has 0 spiro atoms. The first-order chi connectivity index (χ1) is 13.2. The van der Waals surface area contributed by atoms with E-state index in [1.54, 1.807) is 14.2 Å². The van der Waals surface area contributed by atoms with Crippen molar-refractivity contribution in [3.8, 4) is 0 Å². The molecule has 2 N–H and O–H groups in total. The Morgan fingerprint density at radius 1 is 1.14 bits per heavy atom. The molecule has 1 heterocycles. The normalized spacial score (nSPS) is 15.8. The summed E-state index contributed by atoms with van der Waals surface area (Å²) in [4.78, 5) is 4.31. The molecule has 1 aliphatic rings. The summed E-state index contributed by atoms with van der Waals surface area (Å²) in [6, 6.07) is 0. The van der Waals surface area contributed by atoms with Crippen LogP contribution >= 0.6 is 24.0 Å². The van der Waals surface area contributed by atoms with E-state index in [4.69, 9.17) is 9.47 Å². The molecule has 0 bridgehead atoms. The van der Waals surface area contributed by atoms with Gasteiger partial charge in [-0.05, 0) is 26.7 Å². The van der Waals surface area contributed by atoms with Gasteiger partial charge in [0.2, 0.25) is 0 Å². The molecule has 1 fully saturated rings. The Kier molecular flexibility index (Phi) is 12.7. The highest BCUT2D eigenvalue weighted by molar-refractivity contribution is 14.0. The summed E-state index contributed by atoms with van der Waals surface area (Å²) in [6.07, 6.45) is 8.17. The van der Waals surface area contributed by atoms with E-state index in [1.807, 2.05) is 11.6 Å². The summed E-state index contributed by atoms with van der Waals surface area (Å²) in [5.41, 5.74) is 3.43. The molecule has 28 heavy (non-hydrogen) atoms. The van der Waals surface area contributed by atoms with Crippen LogP contribution < -0.4 is 10.6 Å². The molecule has 0 atom stereocenters. The first kappa shape index (κ1) is 25.2. The summed E-state index contributed by atoms with van der Waals surface area (Å²) in [7, 11) is 3.51. The Balaban J connectivity index is 0.00000392. The van der Waals surface area contributed by atoms with Crippen molar-refractivity contribution in [2.24, 2.45) is 4.99 Å². The van der Waals surface area contributed by atoms with Crippen molar-refractivity contribution < 1.29 is 9.47 Å². The molecule has 8 heteroatoms. The molecule has 7 nitrogen and oxygen atoms in total. The van der Waals surface area contributed by atoms with Crippen LogP contribution in [0.25, 0.3) is 0 Å². The van der Waals surface area contributed by atoms with Crippen LogP contribution in [0.1, 0.15) is 55.5 Å². The molecule has 0 aliphatic heterocycles. The van der Waals surface area contributed by atoms with Crippen molar-refractivity contribution in [2.45, 2.75) is 71.6 Å². The highest BCUT2D eigenvalue weighted by Gasteiger charge is 2.13. The van der Waals surface area contributed by atoms with Gasteiger partial charge in [0.15, 0.2) is 5.96 Å². The number of aryl methyl sites for hydroxylation is 1. The average molecular weight is 507 g/mol. The molecule has 1 aromatic rings. The molecule has 162 valence electrons. The zero-order chi connectivity index (χ0) is 19.5. The quantitative estimate of drug-likeness (QED) is 0.177. The van der Waals surface area contributed by atoms with E-state index in [0.717, 1.165) is 31.3 Å². The molecular formula is C20H38IN5O2. The van der Waals surface area contributed by atoms with Crippen molar-refractivity contribution in [2.75, 3.05) is 33.9 Å². The minimum absolute atomic E-state index is 0. The Bertz CT molecular complexity index is 583. The third kappa shape index (κ3) is 8.24. The fraction of sp³-hybridized carbons (Fsp3) is 0.800. The fourth-order valence-electron chi connectivity index (χ4n) is 3.58. The lowest BCUT2D eigenvalue weighted by Crippen LogP contribution is -2.39. The number of aromatic nitrogens is 2. The number of halogens is 1. The maximum atomic E-state index is 6.03. The summed E-state index contributed by atoms with van der Waals surface area (Å²) in [5, 5.41) is 11.3. The standard InChI is InChI=1S/C20H37N5O2.HI/c1-16-19(17(2)25(24-16)12-14-26-4)15-23-20(21-3)22-11-13-27-18-9-7-5-6-8-10-18;/h18H,5-15H2,1-4H3,(H2,21,22,23);1H. The first-order valence-electron chi connectivity index (χ1n) is 10.2. The third-order valence-electron chi connectivity index (χ3n) is 5.25. The van der Waals surface area contributed by atoms with Crippen LogP contribution in [0.3, 0.4) is 0 Å². The van der Waals surface area contributed by atoms with Crippen LogP contribution in [-0.4, -0.2) is 55.8 Å². The summed E-state index contributed by atoms with van der Waals surface area (Å²) in [5.74, 6) is 0.794. The van der Waals surface area contributed by atoms with E-state index in [2.05, 4.69) is 27.6 Å². The van der Waals surface area contributed by atoms with Gasteiger partial charge in [-0.25, -0.2) is 0 Å². The third-order valence-corrected chi connectivity index (χ3v) is 5.25. The number of guanidine groups is 1. The maximum absolute atomic E-state index is 6.03. The highest BCUT2D eigenvalue weighted by atomic mass is 127. The predicted molar refractivity (Wildman–Crippen MR) is 125 cm³/mol. The second-order valence-electron chi connectivity index (χ2n) is 7.20. The molecule has 2 rings (SSSR count). The Labute approximate surface area is 187 Å². The van der Waals surface area contributed by atoms with Gasteiger partial charge in [-0.2, -0.15) is 5.10 Å². The monoisotopic (exact) mass is 507 g/mol. The van der Waals surface area contributed by atoms with Crippen molar-refractivity contribution in [1.82, 2.24) is 20.4 Å². The molecule has 1 saturated carbocycles. The van der Waals surface area contributed by atoms with E-state index < -0.39 is 0 Å². The number of methoxy groups -OCH3 is 1. The summed E-state index contributed by atoms with van der Waals surface area (Å²) in [6.45, 7) is 7.77. The van der Waals surface area contributed by atoms with E-state index >= 15 is 0 Å². The van der Waals surface area contributed by atoms with E-state index in [0.29, 0.717) is 19.3 Å². The molecule has 0 amide bonds. The SMILES string of the molecule is CN=C(NCCOC1CCCCCC1)NCc1c(C)nn(CCOC)c1C.I. The van der Waals surface area contributed by atoms with Crippen LogP contribution in [0.2, 0.25) is 0 Å². The molecule has 1 aliphatic carbocycles. The molecular weight excluding hydrogens is 469 g/mol. The van der Waals surface area contributed by atoms with Gasteiger partial charge in [0.25, 0.3) is 0 Å². The number of nitrogens with one attached hydrogen (secondary N) is 2. The predicted octanol–water partition coefficient (Wildman–Crippen LogP) is 3.17. The minimum atomic E-state index is 0. The first-order valence-corrected chi connectivity index (χ1v) is 10.2. The van der Waals surface area contributed by atoms with E-state index in [-0.39, 0.29) is 24.0 Å². The van der Waals surface area contributed by atoms with Gasteiger partial charge in [0.05, 0.1) is 31.6 Å². The Morgan fingerprint density at radius 2 is 1.86 bits per heavy atom. The van der Waals surface area contributed by atoms with Crippen LogP contribution in [0.15, 0.2) is 4.99 Å². The molecule has 1 aromatic heterocycles. The largest absolute Gasteiger partial charge is 0.383 e. The van der Waals surface area contributed by atoms with Crippen LogP contribution in [0.4, 0.5) is 0 Å². The van der Waals surface area contributed by atoms with Crippen molar-refractivity contribution in [3.05, 3.63) is 17.0 Å². The molecule has 0 saturated heterocycles. The Morgan fingerprint density at radius 3 is 2.50 bits per heavy atom. The molecule has 0 unspecified atom stereocenters. The van der Waals surface area contributed by atoms with Gasteiger partial charge in [-0.15, -0.1) is 24.0 Å². The second kappa shape index (κ2) is 14.2. The number of hydrogen-bond donors (Lipinski definition) is 2. The van der Waals surface area contributed by atoms with Crippen LogP contribution in [0, 0.1) is 13.8 Å². The van der Waals surface area contributed by atoms with Gasteiger partial charge in [0, 0.05) is 38.5 Å². The van der Waals surface area contributed by atoms with E-state index in [1.165, 1.54) is 49.8 Å². The van der Waals surface area contributed by atoms with Gasteiger partial charge in [-0.1, -0.05) is 25.7 Å². The average Bonchev–Trinajstić information content (AvgIpc) is 2.85. The van der Waals surface area contributed by atoms with Crippen LogP contribution in [-0.2, 0) is 22.6 Å². The van der Waals surface area contributed by atoms with Gasteiger partial charge >= 0.3 is 0 Å². The number of ether oxygens (including phenoxy) is 2. The minimum Gasteiger partial charge on any atom is -0.383 e. The topological polar surface area (TPSA) is 72.7 Å². The lowest BCUT2D eigenvalue weighted by Gasteiger charge is -2.17. The zero-order valence-corrected chi connectivity index (χ0v) is 20.3. The summed E-state index contributed by atoms with van der Waals surface area (Å²) < 4.78 is 13.2. The van der Waals surface area contributed by atoms with Gasteiger partial charge in [-0.3, -0.25) is 9.67 Å². The van der Waals surface area contributed by atoms with Gasteiger partial charge in [0.1, 0.15) is 0 Å². The highest BCUT2D eigenvalue weighted by Crippen LogP contribution is 2.19. The lowest BCUT2D eigenvalue weighted by molar-refractivity contribution is 0.0468. The maximum Gasteiger partial charge on any atom is 0.191 e. The number of rotatable bonds is 9. The number of nitrogens with zero attached hydrogens (tertiary/aromatic N) is 3. The molecule has 0 radical (unpaired) electrons. The van der Waals surface area contributed by atoms with Crippen molar-refractivity contribution in [3.63, 3.8) is 0 Å². The smallest absolute Gasteiger partial charge is 0.191 e.